The molecule has 90 valence electrons. The van der Waals surface area contributed by atoms with E-state index in [-0.39, 0.29) is 10.9 Å². The van der Waals surface area contributed by atoms with Gasteiger partial charge >= 0.3 is 0 Å². The highest BCUT2D eigenvalue weighted by molar-refractivity contribution is 9.11. The molecule has 0 N–H and O–H groups in total. The predicted octanol–water partition coefficient (Wildman–Crippen LogP) is 2.58. The van der Waals surface area contributed by atoms with E-state index >= 15 is 0 Å². The summed E-state index contributed by atoms with van der Waals surface area (Å²) in [6.45, 7) is 1.81. The van der Waals surface area contributed by atoms with Crippen LogP contribution in [0.1, 0.15) is 10.4 Å². The van der Waals surface area contributed by atoms with Crippen LogP contribution in [0.25, 0.3) is 0 Å². The van der Waals surface area contributed by atoms with Crippen molar-refractivity contribution in [3.05, 3.63) is 38.8 Å². The fourth-order valence-corrected chi connectivity index (χ4v) is 4.23. The molecule has 2 heterocycles. The van der Waals surface area contributed by atoms with Crippen LogP contribution in [0.5, 0.6) is 0 Å². The minimum absolute atomic E-state index is 0.0632. The van der Waals surface area contributed by atoms with E-state index in [1.807, 2.05) is 13.0 Å². The number of rotatable bonds is 3. The van der Waals surface area contributed by atoms with Crippen LogP contribution in [0.4, 0.5) is 0 Å². The van der Waals surface area contributed by atoms with E-state index in [1.165, 1.54) is 23.7 Å². The van der Waals surface area contributed by atoms with Crippen LogP contribution in [0.2, 0.25) is 0 Å². The molecule has 0 saturated heterocycles. The molecule has 0 aliphatic carbocycles. The first-order valence-electron chi connectivity index (χ1n) is 4.73. The normalized spacial score (nSPS) is 11.6. The summed E-state index contributed by atoms with van der Waals surface area (Å²) in [5.74, 6) is -0.0632. The summed E-state index contributed by atoms with van der Waals surface area (Å²) < 4.78 is 24.9. The fraction of sp³-hybridized carbons (Fsp3) is 0.200. The Hall–Kier alpha value is -0.790. The van der Waals surface area contributed by atoms with Crippen molar-refractivity contribution in [3.63, 3.8) is 0 Å². The van der Waals surface area contributed by atoms with Crippen LogP contribution >= 0.6 is 27.3 Å². The number of nitrogens with zero attached hydrogens (tertiary/aromatic N) is 2. The first-order chi connectivity index (χ1) is 7.97. The Morgan fingerprint density at radius 2 is 1.94 bits per heavy atom. The van der Waals surface area contributed by atoms with Crippen molar-refractivity contribution in [2.75, 3.05) is 0 Å². The number of aromatic nitrogens is 2. The highest BCUT2D eigenvalue weighted by Crippen LogP contribution is 2.25. The molecule has 2 aromatic rings. The van der Waals surface area contributed by atoms with Crippen LogP contribution in [-0.2, 0) is 15.6 Å². The average Bonchev–Trinajstić information content (AvgIpc) is 2.63. The van der Waals surface area contributed by atoms with E-state index in [4.69, 9.17) is 0 Å². The van der Waals surface area contributed by atoms with Gasteiger partial charge in [0.15, 0.2) is 0 Å². The standard InChI is InChI=1S/C10H9BrN2O2S2/c1-7-4-12-10(13-5-7)17(14,15)6-8-2-3-9(11)16-8/h2-5H,6H2,1H3. The van der Waals surface area contributed by atoms with E-state index in [9.17, 15) is 8.42 Å². The summed E-state index contributed by atoms with van der Waals surface area (Å²) in [6.07, 6.45) is 3.01. The van der Waals surface area contributed by atoms with E-state index < -0.39 is 9.84 Å². The van der Waals surface area contributed by atoms with Crippen LogP contribution in [-0.4, -0.2) is 18.4 Å². The maximum atomic E-state index is 12.0. The Balaban J connectivity index is 2.28. The zero-order valence-corrected chi connectivity index (χ0v) is 12.1. The minimum Gasteiger partial charge on any atom is -0.227 e. The van der Waals surface area contributed by atoms with Crippen molar-refractivity contribution < 1.29 is 8.42 Å². The Morgan fingerprint density at radius 1 is 1.29 bits per heavy atom. The van der Waals surface area contributed by atoms with Gasteiger partial charge in [-0.25, -0.2) is 18.4 Å². The molecule has 0 aromatic carbocycles. The molecular formula is C10H9BrN2O2S2. The lowest BCUT2D eigenvalue weighted by molar-refractivity contribution is 0.586. The monoisotopic (exact) mass is 332 g/mol. The maximum absolute atomic E-state index is 12.0. The van der Waals surface area contributed by atoms with Gasteiger partial charge in [-0.1, -0.05) is 0 Å². The largest absolute Gasteiger partial charge is 0.247 e. The van der Waals surface area contributed by atoms with Gasteiger partial charge < -0.3 is 0 Å². The van der Waals surface area contributed by atoms with Gasteiger partial charge in [-0.15, -0.1) is 11.3 Å². The molecule has 7 heteroatoms. The molecule has 0 aliphatic heterocycles. The van der Waals surface area contributed by atoms with Crippen LogP contribution < -0.4 is 0 Å². The fourth-order valence-electron chi connectivity index (χ4n) is 1.22. The molecule has 4 nitrogen and oxygen atoms in total. The summed E-state index contributed by atoms with van der Waals surface area (Å²) in [7, 11) is -3.45. The second-order valence-corrected chi connectivity index (χ2v) is 7.94. The number of hydrogen-bond acceptors (Lipinski definition) is 5. The van der Waals surface area contributed by atoms with Crippen molar-refractivity contribution in [1.82, 2.24) is 9.97 Å². The lowest BCUT2D eigenvalue weighted by Gasteiger charge is -2.00. The molecule has 0 spiro atoms. The summed E-state index contributed by atoms with van der Waals surface area (Å²) in [4.78, 5) is 8.46. The molecule has 17 heavy (non-hydrogen) atoms. The van der Waals surface area contributed by atoms with E-state index in [0.717, 1.165) is 14.2 Å². The lowest BCUT2D eigenvalue weighted by Crippen LogP contribution is -2.08. The quantitative estimate of drug-likeness (QED) is 0.810. The summed E-state index contributed by atoms with van der Waals surface area (Å²) in [5.41, 5.74) is 0.836. The highest BCUT2D eigenvalue weighted by atomic mass is 79.9. The molecule has 0 unspecified atom stereocenters. The van der Waals surface area contributed by atoms with Crippen LogP contribution in [0.3, 0.4) is 0 Å². The Morgan fingerprint density at radius 3 is 2.47 bits per heavy atom. The van der Waals surface area contributed by atoms with Gasteiger partial charge in [0.1, 0.15) is 0 Å². The zero-order chi connectivity index (χ0) is 12.5. The smallest absolute Gasteiger partial charge is 0.227 e. The first-order valence-corrected chi connectivity index (χ1v) is 7.99. The second-order valence-electron chi connectivity index (χ2n) is 3.51. The third-order valence-electron chi connectivity index (χ3n) is 2.00. The molecule has 0 bridgehead atoms. The van der Waals surface area contributed by atoms with Crippen molar-refractivity contribution in [3.8, 4) is 0 Å². The molecule has 0 saturated carbocycles. The molecule has 2 rings (SSSR count). The maximum Gasteiger partial charge on any atom is 0.247 e. The topological polar surface area (TPSA) is 59.9 Å². The van der Waals surface area contributed by atoms with E-state index in [1.54, 1.807) is 6.07 Å². The Labute approximate surface area is 112 Å². The molecule has 0 atom stereocenters. The number of thiophene rings is 1. The number of aryl methyl sites for hydroxylation is 1. The SMILES string of the molecule is Cc1cnc(S(=O)(=O)Cc2ccc(Br)s2)nc1. The van der Waals surface area contributed by atoms with Gasteiger partial charge in [-0.2, -0.15) is 0 Å². The lowest BCUT2D eigenvalue weighted by atomic mass is 10.4. The number of hydrogen-bond donors (Lipinski definition) is 0. The van der Waals surface area contributed by atoms with Crippen molar-refractivity contribution >= 4 is 37.1 Å². The Bertz CT molecular complexity index is 620. The molecule has 0 aliphatic rings. The zero-order valence-electron chi connectivity index (χ0n) is 8.92. The molecular weight excluding hydrogens is 324 g/mol. The summed E-state index contributed by atoms with van der Waals surface area (Å²) >= 11 is 4.69. The van der Waals surface area contributed by atoms with Crippen LogP contribution in [0, 0.1) is 6.92 Å². The van der Waals surface area contributed by atoms with Crippen LogP contribution in [0.15, 0.2) is 33.5 Å². The van der Waals surface area contributed by atoms with Crippen molar-refractivity contribution in [2.24, 2.45) is 0 Å². The van der Waals surface area contributed by atoms with Gasteiger partial charge in [0.25, 0.3) is 0 Å². The van der Waals surface area contributed by atoms with Gasteiger partial charge in [-0.05, 0) is 40.5 Å². The molecule has 0 radical (unpaired) electrons. The third kappa shape index (κ3) is 3.11. The van der Waals surface area contributed by atoms with Gasteiger partial charge in [0.2, 0.25) is 15.0 Å². The highest BCUT2D eigenvalue weighted by Gasteiger charge is 2.19. The predicted molar refractivity (Wildman–Crippen MR) is 69.7 cm³/mol. The van der Waals surface area contributed by atoms with Gasteiger partial charge in [0.05, 0.1) is 9.54 Å². The van der Waals surface area contributed by atoms with Gasteiger partial charge in [0, 0.05) is 17.3 Å². The summed E-state index contributed by atoms with van der Waals surface area (Å²) in [5, 5.41) is -0.118. The third-order valence-corrected chi connectivity index (χ3v) is 5.26. The van der Waals surface area contributed by atoms with Crippen molar-refractivity contribution in [2.45, 2.75) is 17.8 Å². The average molecular weight is 333 g/mol. The molecule has 0 fully saturated rings. The Kier molecular flexibility index (Phi) is 3.60. The van der Waals surface area contributed by atoms with Crippen molar-refractivity contribution in [1.29, 1.82) is 0 Å². The number of sulfone groups is 1. The van der Waals surface area contributed by atoms with E-state index in [0.29, 0.717) is 0 Å². The van der Waals surface area contributed by atoms with E-state index in [2.05, 4.69) is 25.9 Å². The molecule has 0 amide bonds. The summed E-state index contributed by atoms with van der Waals surface area (Å²) in [6, 6.07) is 3.60. The van der Waals surface area contributed by atoms with Gasteiger partial charge in [-0.3, -0.25) is 0 Å². The second kappa shape index (κ2) is 4.83. The molecule has 2 aromatic heterocycles. The minimum atomic E-state index is -3.45. The first kappa shape index (κ1) is 12.7. The number of halogens is 1.